The Kier molecular flexibility index (Phi) is 5.37. The highest BCUT2D eigenvalue weighted by Gasteiger charge is 2.20. The Morgan fingerprint density at radius 2 is 2.31 bits per heavy atom. The van der Waals surface area contributed by atoms with Gasteiger partial charge in [-0.25, -0.2) is 4.98 Å². The molecule has 0 spiro atoms. The summed E-state index contributed by atoms with van der Waals surface area (Å²) in [4.78, 5) is 7.43. The quantitative estimate of drug-likeness (QED) is 0.761. The Bertz CT molecular complexity index is 249. The third kappa shape index (κ3) is 2.36. The van der Waals surface area contributed by atoms with Crippen LogP contribution in [-0.4, -0.2) is 16.5 Å². The van der Waals surface area contributed by atoms with Gasteiger partial charge in [0.05, 0.1) is 12.0 Å². The zero-order chi connectivity index (χ0) is 7.68. The molecule has 0 bridgehead atoms. The first-order valence-corrected chi connectivity index (χ1v) is 4.14. The Hall–Kier alpha value is -0.250. The Balaban J connectivity index is 0.000000720. The minimum absolute atomic E-state index is 0. The highest BCUT2D eigenvalue weighted by molar-refractivity contribution is 5.85. The minimum atomic E-state index is 0. The smallest absolute Gasteiger partial charge is 0.0925 e. The molecule has 0 amide bonds. The maximum Gasteiger partial charge on any atom is 0.0925 e. The van der Waals surface area contributed by atoms with Crippen LogP contribution in [0.2, 0.25) is 0 Å². The molecule has 1 heterocycles. The van der Waals surface area contributed by atoms with Gasteiger partial charge in [0.2, 0.25) is 0 Å². The van der Waals surface area contributed by atoms with Crippen LogP contribution in [0.5, 0.6) is 0 Å². The number of aryl methyl sites for hydroxylation is 1. The minimum Gasteiger partial charge on any atom is -0.348 e. The van der Waals surface area contributed by atoms with Crippen LogP contribution in [0, 0.1) is 0 Å². The van der Waals surface area contributed by atoms with E-state index in [4.69, 9.17) is 5.73 Å². The first kappa shape index (κ1) is 12.8. The highest BCUT2D eigenvalue weighted by Crippen LogP contribution is 2.27. The van der Waals surface area contributed by atoms with Crippen LogP contribution in [0.3, 0.4) is 0 Å². The van der Waals surface area contributed by atoms with Gasteiger partial charge < -0.3 is 10.7 Å². The Labute approximate surface area is 90.3 Å². The third-order valence-corrected chi connectivity index (χ3v) is 2.40. The number of rotatable bonds is 1. The number of fused-ring (bicyclic) bond motifs is 1. The summed E-state index contributed by atoms with van der Waals surface area (Å²) in [6.45, 7) is 0.734. The van der Waals surface area contributed by atoms with Crippen LogP contribution < -0.4 is 5.73 Å². The maximum absolute atomic E-state index is 5.62. The summed E-state index contributed by atoms with van der Waals surface area (Å²) in [5.41, 5.74) is 8.13. The second-order valence-electron chi connectivity index (χ2n) is 3.09. The highest BCUT2D eigenvalue weighted by atomic mass is 35.5. The summed E-state index contributed by atoms with van der Waals surface area (Å²) >= 11 is 0. The van der Waals surface area contributed by atoms with Gasteiger partial charge in [0.1, 0.15) is 0 Å². The van der Waals surface area contributed by atoms with Crippen molar-refractivity contribution in [2.75, 3.05) is 6.54 Å². The second kappa shape index (κ2) is 5.47. The van der Waals surface area contributed by atoms with Gasteiger partial charge in [0.25, 0.3) is 0 Å². The van der Waals surface area contributed by atoms with E-state index in [1.807, 2.05) is 0 Å². The van der Waals surface area contributed by atoms with Crippen molar-refractivity contribution < 1.29 is 0 Å². The zero-order valence-corrected chi connectivity index (χ0v) is 8.96. The predicted molar refractivity (Wildman–Crippen MR) is 57.8 cm³/mol. The van der Waals surface area contributed by atoms with E-state index >= 15 is 0 Å². The lowest BCUT2D eigenvalue weighted by Crippen LogP contribution is -2.18. The molecule has 0 aliphatic heterocycles. The van der Waals surface area contributed by atoms with E-state index in [-0.39, 0.29) is 24.8 Å². The number of aromatic amines is 1. The summed E-state index contributed by atoms with van der Waals surface area (Å²) in [6.07, 6.45) is 5.37. The molecule has 1 aromatic heterocycles. The van der Waals surface area contributed by atoms with Crippen molar-refractivity contribution in [3.63, 3.8) is 0 Å². The molecular weight excluding hydrogens is 209 g/mol. The fourth-order valence-corrected chi connectivity index (χ4v) is 1.78. The van der Waals surface area contributed by atoms with E-state index < -0.39 is 0 Å². The molecule has 5 heteroatoms. The number of aromatic nitrogens is 2. The molecule has 0 aromatic carbocycles. The number of hydrogen-bond acceptors (Lipinski definition) is 2. The van der Waals surface area contributed by atoms with Crippen molar-refractivity contribution in [2.24, 2.45) is 5.73 Å². The van der Waals surface area contributed by atoms with Crippen LogP contribution in [0.25, 0.3) is 0 Å². The Morgan fingerprint density at radius 3 is 3.00 bits per heavy atom. The van der Waals surface area contributed by atoms with Gasteiger partial charge in [0, 0.05) is 18.2 Å². The van der Waals surface area contributed by atoms with Crippen LogP contribution in [0.4, 0.5) is 0 Å². The number of nitrogens with one attached hydrogen (secondary N) is 1. The Morgan fingerprint density at radius 1 is 1.54 bits per heavy atom. The van der Waals surface area contributed by atoms with E-state index in [2.05, 4.69) is 9.97 Å². The number of halogens is 2. The lowest BCUT2D eigenvalue weighted by molar-refractivity contribution is 0.546. The van der Waals surface area contributed by atoms with Crippen molar-refractivity contribution in [3.8, 4) is 0 Å². The van der Waals surface area contributed by atoms with Crippen molar-refractivity contribution in [1.29, 1.82) is 0 Å². The second-order valence-corrected chi connectivity index (χ2v) is 3.09. The van der Waals surface area contributed by atoms with Gasteiger partial charge in [-0.05, 0) is 19.3 Å². The van der Waals surface area contributed by atoms with Crippen molar-refractivity contribution in [1.82, 2.24) is 9.97 Å². The van der Waals surface area contributed by atoms with Crippen molar-refractivity contribution >= 4 is 24.8 Å². The maximum atomic E-state index is 5.62. The number of H-pyrrole nitrogens is 1. The van der Waals surface area contributed by atoms with E-state index in [1.165, 1.54) is 24.2 Å². The normalized spacial score (nSPS) is 19.6. The number of nitrogens with two attached hydrogens (primary N) is 1. The molecule has 0 saturated heterocycles. The average Bonchev–Trinajstić information content (AvgIpc) is 2.50. The van der Waals surface area contributed by atoms with Gasteiger partial charge in [0.15, 0.2) is 0 Å². The topological polar surface area (TPSA) is 54.7 Å². The zero-order valence-electron chi connectivity index (χ0n) is 7.32. The molecule has 0 fully saturated rings. The molecule has 3 N–H and O–H groups in total. The van der Waals surface area contributed by atoms with Crippen LogP contribution >= 0.6 is 24.8 Å². The molecule has 1 unspecified atom stereocenters. The molecule has 76 valence electrons. The standard InChI is InChI=1S/C8H13N3.2ClH/c9-4-6-2-1-3-7-8(6)11-5-10-7;;/h5-6H,1-4,9H2,(H,10,11);2*1H. The first-order valence-electron chi connectivity index (χ1n) is 4.14. The molecule has 1 aliphatic rings. The summed E-state index contributed by atoms with van der Waals surface area (Å²) in [7, 11) is 0. The average molecular weight is 224 g/mol. The molecule has 0 radical (unpaired) electrons. The lowest BCUT2D eigenvalue weighted by Gasteiger charge is -2.18. The van der Waals surface area contributed by atoms with E-state index in [1.54, 1.807) is 6.33 Å². The van der Waals surface area contributed by atoms with Crippen LogP contribution in [-0.2, 0) is 6.42 Å². The van der Waals surface area contributed by atoms with Gasteiger partial charge in [-0.3, -0.25) is 0 Å². The fraction of sp³-hybridized carbons (Fsp3) is 0.625. The fourth-order valence-electron chi connectivity index (χ4n) is 1.78. The molecule has 13 heavy (non-hydrogen) atoms. The third-order valence-electron chi connectivity index (χ3n) is 2.40. The van der Waals surface area contributed by atoms with Gasteiger partial charge in [-0.1, -0.05) is 0 Å². The first-order chi connectivity index (χ1) is 5.42. The molecule has 1 atom stereocenters. The molecule has 1 aliphatic carbocycles. The largest absolute Gasteiger partial charge is 0.348 e. The van der Waals surface area contributed by atoms with E-state index in [0.29, 0.717) is 5.92 Å². The number of nitrogens with zero attached hydrogens (tertiary/aromatic N) is 1. The molecule has 2 rings (SSSR count). The summed E-state index contributed by atoms with van der Waals surface area (Å²) in [5, 5.41) is 0. The number of hydrogen-bond donors (Lipinski definition) is 2. The van der Waals surface area contributed by atoms with E-state index in [0.717, 1.165) is 13.0 Å². The van der Waals surface area contributed by atoms with Crippen molar-refractivity contribution in [3.05, 3.63) is 17.7 Å². The molecule has 1 aromatic rings. The van der Waals surface area contributed by atoms with E-state index in [9.17, 15) is 0 Å². The molecule has 0 saturated carbocycles. The number of imidazole rings is 1. The summed E-state index contributed by atoms with van der Waals surface area (Å²) in [6, 6.07) is 0. The van der Waals surface area contributed by atoms with Crippen LogP contribution in [0.15, 0.2) is 6.33 Å². The monoisotopic (exact) mass is 223 g/mol. The molecular formula is C8H15Cl2N3. The van der Waals surface area contributed by atoms with Gasteiger partial charge >= 0.3 is 0 Å². The predicted octanol–water partition coefficient (Wildman–Crippen LogP) is 1.63. The lowest BCUT2D eigenvalue weighted by atomic mass is 9.90. The SMILES string of the molecule is Cl.Cl.NCC1CCCc2[nH]cnc21. The van der Waals surface area contributed by atoms with Gasteiger partial charge in [-0.15, -0.1) is 24.8 Å². The summed E-state index contributed by atoms with van der Waals surface area (Å²) < 4.78 is 0. The van der Waals surface area contributed by atoms with Crippen LogP contribution in [0.1, 0.15) is 30.1 Å². The summed E-state index contributed by atoms with van der Waals surface area (Å²) in [5.74, 6) is 0.505. The molecule has 3 nitrogen and oxygen atoms in total. The van der Waals surface area contributed by atoms with Crippen molar-refractivity contribution in [2.45, 2.75) is 25.2 Å². The van der Waals surface area contributed by atoms with Gasteiger partial charge in [-0.2, -0.15) is 0 Å².